The largest absolute Gasteiger partial charge is 0.484 e. The van der Waals surface area contributed by atoms with E-state index < -0.39 is 0 Å². The fourth-order valence-corrected chi connectivity index (χ4v) is 3.53. The summed E-state index contributed by atoms with van der Waals surface area (Å²) in [6, 6.07) is 18.1. The van der Waals surface area contributed by atoms with E-state index in [9.17, 15) is 4.79 Å². The Labute approximate surface area is 157 Å². The SMILES string of the molecule is O=C(COc1cccc(Br)c1)NC[C@H](c1ccccc1)N1CCCC1. The van der Waals surface area contributed by atoms with Gasteiger partial charge < -0.3 is 10.1 Å². The Morgan fingerprint density at radius 1 is 1.12 bits per heavy atom. The van der Waals surface area contributed by atoms with Crippen LogP contribution >= 0.6 is 15.9 Å². The van der Waals surface area contributed by atoms with Gasteiger partial charge in [0.25, 0.3) is 5.91 Å². The zero-order valence-corrected chi connectivity index (χ0v) is 15.7. The number of nitrogens with one attached hydrogen (secondary N) is 1. The third-order valence-electron chi connectivity index (χ3n) is 4.42. The molecule has 0 unspecified atom stereocenters. The number of likely N-dealkylation sites (tertiary alicyclic amines) is 1. The van der Waals surface area contributed by atoms with Crippen LogP contribution in [0.4, 0.5) is 0 Å². The molecule has 132 valence electrons. The first-order chi connectivity index (χ1) is 12.2. The second-order valence-electron chi connectivity index (χ2n) is 6.22. The van der Waals surface area contributed by atoms with Gasteiger partial charge in [-0.05, 0) is 49.7 Å². The van der Waals surface area contributed by atoms with E-state index >= 15 is 0 Å². The van der Waals surface area contributed by atoms with Crippen molar-refractivity contribution in [3.63, 3.8) is 0 Å². The summed E-state index contributed by atoms with van der Waals surface area (Å²) < 4.78 is 6.49. The van der Waals surface area contributed by atoms with Gasteiger partial charge in [0, 0.05) is 11.0 Å². The minimum Gasteiger partial charge on any atom is -0.484 e. The summed E-state index contributed by atoms with van der Waals surface area (Å²) in [4.78, 5) is 14.6. The van der Waals surface area contributed by atoms with E-state index in [1.807, 2.05) is 30.3 Å². The number of nitrogens with zero attached hydrogens (tertiary/aromatic N) is 1. The van der Waals surface area contributed by atoms with Gasteiger partial charge in [-0.2, -0.15) is 0 Å². The lowest BCUT2D eigenvalue weighted by molar-refractivity contribution is -0.123. The first-order valence-electron chi connectivity index (χ1n) is 8.66. The Hall–Kier alpha value is -1.85. The van der Waals surface area contributed by atoms with Gasteiger partial charge in [0.2, 0.25) is 0 Å². The number of hydrogen-bond acceptors (Lipinski definition) is 3. The first kappa shape index (κ1) is 18.0. The number of hydrogen-bond donors (Lipinski definition) is 1. The summed E-state index contributed by atoms with van der Waals surface area (Å²) in [5.41, 5.74) is 1.25. The number of carbonyl (C=O) groups excluding carboxylic acids is 1. The molecule has 0 spiro atoms. The molecule has 1 heterocycles. The molecule has 1 amide bonds. The highest BCUT2D eigenvalue weighted by Gasteiger charge is 2.23. The van der Waals surface area contributed by atoms with Gasteiger partial charge in [0.1, 0.15) is 5.75 Å². The highest BCUT2D eigenvalue weighted by molar-refractivity contribution is 9.10. The van der Waals surface area contributed by atoms with E-state index in [-0.39, 0.29) is 18.6 Å². The van der Waals surface area contributed by atoms with E-state index in [4.69, 9.17) is 4.74 Å². The molecule has 1 N–H and O–H groups in total. The number of ether oxygens (including phenoxy) is 1. The van der Waals surface area contributed by atoms with E-state index in [0.29, 0.717) is 12.3 Å². The topological polar surface area (TPSA) is 41.6 Å². The lowest BCUT2D eigenvalue weighted by atomic mass is 10.1. The molecule has 1 aliphatic rings. The second-order valence-corrected chi connectivity index (χ2v) is 7.14. The van der Waals surface area contributed by atoms with Gasteiger partial charge in [0.05, 0.1) is 6.04 Å². The van der Waals surface area contributed by atoms with Gasteiger partial charge in [-0.1, -0.05) is 52.3 Å². The van der Waals surface area contributed by atoms with Crippen LogP contribution in [0, 0.1) is 0 Å². The summed E-state index contributed by atoms with van der Waals surface area (Å²) in [5.74, 6) is 0.587. The molecule has 0 bridgehead atoms. The summed E-state index contributed by atoms with van der Waals surface area (Å²) in [6.07, 6.45) is 2.45. The summed E-state index contributed by atoms with van der Waals surface area (Å²) in [6.45, 7) is 2.80. The van der Waals surface area contributed by atoms with Crippen molar-refractivity contribution in [3.05, 3.63) is 64.6 Å². The molecule has 4 nitrogen and oxygen atoms in total. The van der Waals surface area contributed by atoms with Crippen LogP contribution in [0.5, 0.6) is 5.75 Å². The van der Waals surface area contributed by atoms with Crippen molar-refractivity contribution in [2.75, 3.05) is 26.2 Å². The standard InChI is InChI=1S/C20H23BrN2O2/c21-17-9-6-10-18(13-17)25-15-20(24)22-14-19(23-11-4-5-12-23)16-7-2-1-3-8-16/h1-3,6-10,13,19H,4-5,11-12,14-15H2,(H,22,24)/t19-/m1/s1. The van der Waals surface area contributed by atoms with Crippen LogP contribution in [-0.4, -0.2) is 37.0 Å². The van der Waals surface area contributed by atoms with Crippen LogP contribution in [0.15, 0.2) is 59.1 Å². The zero-order chi connectivity index (χ0) is 17.5. The monoisotopic (exact) mass is 402 g/mol. The first-order valence-corrected chi connectivity index (χ1v) is 9.46. The molecule has 3 rings (SSSR count). The summed E-state index contributed by atoms with van der Waals surface area (Å²) in [7, 11) is 0. The molecule has 0 radical (unpaired) electrons. The molecule has 0 aliphatic carbocycles. The number of benzene rings is 2. The second kappa shape index (κ2) is 9.02. The molecule has 0 saturated carbocycles. The van der Waals surface area contributed by atoms with Crippen molar-refractivity contribution in [1.29, 1.82) is 0 Å². The Morgan fingerprint density at radius 3 is 2.60 bits per heavy atom. The molecule has 2 aromatic rings. The van der Waals surface area contributed by atoms with Gasteiger partial charge in [-0.3, -0.25) is 9.69 Å². The number of rotatable bonds is 7. The quantitative estimate of drug-likeness (QED) is 0.765. The number of carbonyl (C=O) groups is 1. The van der Waals surface area contributed by atoms with Crippen molar-refractivity contribution >= 4 is 21.8 Å². The molecule has 1 saturated heterocycles. The van der Waals surface area contributed by atoms with E-state index in [1.54, 1.807) is 0 Å². The normalized spacial score (nSPS) is 15.7. The van der Waals surface area contributed by atoms with Crippen molar-refractivity contribution in [2.45, 2.75) is 18.9 Å². The maximum atomic E-state index is 12.2. The van der Waals surface area contributed by atoms with Crippen LogP contribution in [0.2, 0.25) is 0 Å². The molecular weight excluding hydrogens is 380 g/mol. The smallest absolute Gasteiger partial charge is 0.258 e. The third-order valence-corrected chi connectivity index (χ3v) is 4.92. The predicted molar refractivity (Wildman–Crippen MR) is 103 cm³/mol. The average molecular weight is 403 g/mol. The minimum absolute atomic E-state index is 0.0258. The Kier molecular flexibility index (Phi) is 6.48. The molecule has 1 fully saturated rings. The molecule has 0 aromatic heterocycles. The van der Waals surface area contributed by atoms with Crippen molar-refractivity contribution in [2.24, 2.45) is 0 Å². The Morgan fingerprint density at radius 2 is 1.88 bits per heavy atom. The maximum absolute atomic E-state index is 12.2. The molecular formula is C20H23BrN2O2. The van der Waals surface area contributed by atoms with Gasteiger partial charge in [-0.25, -0.2) is 0 Å². The van der Waals surface area contributed by atoms with E-state index in [2.05, 4.69) is 50.4 Å². The highest BCUT2D eigenvalue weighted by atomic mass is 79.9. The third kappa shape index (κ3) is 5.31. The van der Waals surface area contributed by atoms with Crippen LogP contribution in [0.1, 0.15) is 24.4 Å². The highest BCUT2D eigenvalue weighted by Crippen LogP contribution is 2.24. The molecule has 1 aliphatic heterocycles. The minimum atomic E-state index is -0.0971. The number of amides is 1. The molecule has 1 atom stereocenters. The molecule has 2 aromatic carbocycles. The van der Waals surface area contributed by atoms with E-state index in [0.717, 1.165) is 17.6 Å². The van der Waals surface area contributed by atoms with Gasteiger partial charge in [-0.15, -0.1) is 0 Å². The maximum Gasteiger partial charge on any atom is 0.258 e. The van der Waals surface area contributed by atoms with Crippen LogP contribution < -0.4 is 10.1 Å². The van der Waals surface area contributed by atoms with Crippen molar-refractivity contribution in [1.82, 2.24) is 10.2 Å². The van der Waals surface area contributed by atoms with Crippen molar-refractivity contribution in [3.8, 4) is 5.75 Å². The zero-order valence-electron chi connectivity index (χ0n) is 14.2. The summed E-state index contributed by atoms with van der Waals surface area (Å²) in [5, 5.41) is 3.03. The van der Waals surface area contributed by atoms with Crippen molar-refractivity contribution < 1.29 is 9.53 Å². The number of halogens is 1. The predicted octanol–water partition coefficient (Wildman–Crippen LogP) is 3.78. The Balaban J connectivity index is 1.54. The lowest BCUT2D eigenvalue weighted by Crippen LogP contribution is -2.38. The fourth-order valence-electron chi connectivity index (χ4n) is 3.15. The average Bonchev–Trinajstić information content (AvgIpc) is 3.15. The van der Waals surface area contributed by atoms with Crippen LogP contribution in [0.25, 0.3) is 0 Å². The van der Waals surface area contributed by atoms with E-state index in [1.165, 1.54) is 18.4 Å². The van der Waals surface area contributed by atoms with Crippen LogP contribution in [0.3, 0.4) is 0 Å². The van der Waals surface area contributed by atoms with Gasteiger partial charge >= 0.3 is 0 Å². The van der Waals surface area contributed by atoms with Crippen LogP contribution in [-0.2, 0) is 4.79 Å². The summed E-state index contributed by atoms with van der Waals surface area (Å²) >= 11 is 3.40. The molecule has 5 heteroatoms. The lowest BCUT2D eigenvalue weighted by Gasteiger charge is -2.28. The van der Waals surface area contributed by atoms with Gasteiger partial charge in [0.15, 0.2) is 6.61 Å². The molecule has 25 heavy (non-hydrogen) atoms. The Bertz CT molecular complexity index is 687. The fraction of sp³-hybridized carbons (Fsp3) is 0.350.